The first-order valence-corrected chi connectivity index (χ1v) is 14.8. The van der Waals surface area contributed by atoms with Crippen LogP contribution in [0.25, 0.3) is 0 Å². The Morgan fingerprint density at radius 1 is 0.878 bits per heavy atom. The molecular weight excluding hydrogens is 514 g/mol. The molecule has 8 nitrogen and oxygen atoms in total. The molecule has 2 aromatic carbocycles. The zero-order chi connectivity index (χ0) is 28.6. The minimum Gasteiger partial charge on any atom is -0.347 e. The molecule has 0 atom stereocenters. The molecule has 8 heteroatoms. The third kappa shape index (κ3) is 5.28. The van der Waals surface area contributed by atoms with Crippen molar-refractivity contribution in [3.8, 4) is 0 Å². The summed E-state index contributed by atoms with van der Waals surface area (Å²) in [7, 11) is 3.54. The smallest absolute Gasteiger partial charge is 0.268 e. The number of amides is 3. The number of benzene rings is 2. The monoisotopic (exact) mass is 553 g/mol. The van der Waals surface area contributed by atoms with Crippen LogP contribution in [0.2, 0.25) is 0 Å². The van der Waals surface area contributed by atoms with Gasteiger partial charge in [0.25, 0.3) is 11.8 Å². The highest BCUT2D eigenvalue weighted by atomic mass is 16.2. The van der Waals surface area contributed by atoms with E-state index in [9.17, 15) is 14.4 Å². The molecule has 1 aromatic heterocycles. The van der Waals surface area contributed by atoms with Crippen LogP contribution in [0.1, 0.15) is 76.2 Å². The number of aromatic nitrogens is 1. The molecule has 1 spiro atoms. The number of carbonyl (C=O) groups is 3. The highest BCUT2D eigenvalue weighted by molar-refractivity contribution is 5.94. The second kappa shape index (κ2) is 11.2. The minimum absolute atomic E-state index is 0.0124. The van der Waals surface area contributed by atoms with Crippen molar-refractivity contribution < 1.29 is 14.4 Å². The molecule has 2 saturated carbocycles. The van der Waals surface area contributed by atoms with Crippen molar-refractivity contribution in [2.45, 2.75) is 63.7 Å². The highest BCUT2D eigenvalue weighted by Crippen LogP contribution is 2.49. The molecule has 2 aliphatic carbocycles. The van der Waals surface area contributed by atoms with Crippen LogP contribution in [0.4, 0.5) is 5.69 Å². The normalized spacial score (nSPS) is 17.7. The zero-order valence-corrected chi connectivity index (χ0v) is 24.0. The zero-order valence-electron chi connectivity index (χ0n) is 24.0. The van der Waals surface area contributed by atoms with E-state index in [1.807, 2.05) is 42.5 Å². The Hall–Kier alpha value is -3.91. The van der Waals surface area contributed by atoms with Gasteiger partial charge in [0.1, 0.15) is 5.69 Å². The Morgan fingerprint density at radius 2 is 1.59 bits per heavy atom. The van der Waals surface area contributed by atoms with Crippen molar-refractivity contribution in [1.29, 1.82) is 0 Å². The second-order valence-corrected chi connectivity index (χ2v) is 12.0. The van der Waals surface area contributed by atoms with Gasteiger partial charge < -0.3 is 20.1 Å². The predicted octanol–water partition coefficient (Wildman–Crippen LogP) is 4.75. The summed E-state index contributed by atoms with van der Waals surface area (Å²) in [6, 6.07) is 19.8. The largest absolute Gasteiger partial charge is 0.347 e. The summed E-state index contributed by atoms with van der Waals surface area (Å²) in [5, 5.41) is 6.09. The maximum atomic E-state index is 13.3. The second-order valence-electron chi connectivity index (χ2n) is 12.0. The van der Waals surface area contributed by atoms with Crippen molar-refractivity contribution >= 4 is 23.4 Å². The first-order chi connectivity index (χ1) is 19.8. The summed E-state index contributed by atoms with van der Waals surface area (Å²) < 4.78 is 2.21. The Labute approximate surface area is 241 Å². The fourth-order valence-corrected chi connectivity index (χ4v) is 6.35. The molecule has 0 radical (unpaired) electrons. The fraction of sp³-hybridized carbons (Fsp3) is 0.424. The lowest BCUT2D eigenvalue weighted by Gasteiger charge is -2.53. The molecule has 2 N–H and O–H groups in total. The number of hydrogen-bond donors (Lipinski definition) is 2. The van der Waals surface area contributed by atoms with Crippen molar-refractivity contribution in [3.63, 3.8) is 0 Å². The first-order valence-electron chi connectivity index (χ1n) is 14.8. The van der Waals surface area contributed by atoms with Crippen LogP contribution >= 0.6 is 0 Å². The number of nitrogens with one attached hydrogen (secondary N) is 2. The van der Waals surface area contributed by atoms with Crippen molar-refractivity contribution in [3.05, 3.63) is 88.7 Å². The number of carbonyl (C=O) groups excluding carboxylic acids is 3. The molecule has 3 aliphatic rings. The molecule has 6 rings (SSSR count). The molecule has 1 aliphatic heterocycles. The number of hydrogen-bond acceptors (Lipinski definition) is 4. The maximum absolute atomic E-state index is 13.3. The van der Waals surface area contributed by atoms with E-state index in [1.165, 1.54) is 17.7 Å². The average molecular weight is 554 g/mol. The van der Waals surface area contributed by atoms with Gasteiger partial charge in [-0.15, -0.1) is 0 Å². The van der Waals surface area contributed by atoms with Gasteiger partial charge in [-0.25, -0.2) is 0 Å². The van der Waals surface area contributed by atoms with Gasteiger partial charge in [0, 0.05) is 63.1 Å². The lowest BCUT2D eigenvalue weighted by molar-refractivity contribution is -0.122. The summed E-state index contributed by atoms with van der Waals surface area (Å²) in [4.78, 5) is 41.9. The fourth-order valence-electron chi connectivity index (χ4n) is 6.35. The Bertz CT molecular complexity index is 1430. The summed E-state index contributed by atoms with van der Waals surface area (Å²) in [5.41, 5.74) is 5.57. The predicted molar refractivity (Wildman–Crippen MR) is 158 cm³/mol. The molecular formula is C33H39N5O3. The quantitative estimate of drug-likeness (QED) is 0.422. The number of nitrogens with zero attached hydrogens (tertiary/aromatic N) is 3. The van der Waals surface area contributed by atoms with Gasteiger partial charge >= 0.3 is 0 Å². The molecule has 214 valence electrons. The summed E-state index contributed by atoms with van der Waals surface area (Å²) in [6.45, 7) is 2.88. The van der Waals surface area contributed by atoms with Crippen LogP contribution in [0.15, 0.2) is 60.7 Å². The SMILES string of the molecule is CN(C)C(=O)c1ccc(CN2CCn3c(C(=O)NCc4ccc(NC(=O)C5CCC5)cc4)ccc3C23CCC3)cc1. The van der Waals surface area contributed by atoms with E-state index in [0.717, 1.165) is 63.0 Å². The summed E-state index contributed by atoms with van der Waals surface area (Å²) in [6.07, 6.45) is 6.44. The van der Waals surface area contributed by atoms with Gasteiger partial charge in [-0.3, -0.25) is 19.3 Å². The van der Waals surface area contributed by atoms with Gasteiger partial charge in [-0.1, -0.05) is 30.7 Å². The van der Waals surface area contributed by atoms with Gasteiger partial charge in [0.2, 0.25) is 5.91 Å². The molecule has 0 bridgehead atoms. The van der Waals surface area contributed by atoms with Crippen LogP contribution in [-0.4, -0.2) is 52.7 Å². The van der Waals surface area contributed by atoms with Gasteiger partial charge in [-0.2, -0.15) is 0 Å². The van der Waals surface area contributed by atoms with E-state index < -0.39 is 0 Å². The molecule has 0 unspecified atom stereocenters. The number of anilines is 1. The van der Waals surface area contributed by atoms with Crippen LogP contribution in [0, 0.1) is 5.92 Å². The van der Waals surface area contributed by atoms with E-state index >= 15 is 0 Å². The van der Waals surface area contributed by atoms with Crippen molar-refractivity contribution in [1.82, 2.24) is 19.7 Å². The summed E-state index contributed by atoms with van der Waals surface area (Å²) in [5.74, 6) is 0.202. The van der Waals surface area contributed by atoms with Gasteiger partial charge in [0.15, 0.2) is 0 Å². The van der Waals surface area contributed by atoms with E-state index in [2.05, 4.69) is 38.3 Å². The lowest BCUT2D eigenvalue weighted by atomic mass is 9.71. The van der Waals surface area contributed by atoms with E-state index in [0.29, 0.717) is 17.8 Å². The minimum atomic E-state index is -0.0670. The van der Waals surface area contributed by atoms with E-state index in [4.69, 9.17) is 0 Å². The van der Waals surface area contributed by atoms with E-state index in [-0.39, 0.29) is 29.2 Å². The number of rotatable bonds is 8. The van der Waals surface area contributed by atoms with Crippen LogP contribution in [-0.2, 0) is 30.0 Å². The molecule has 3 amide bonds. The first kappa shape index (κ1) is 27.3. The average Bonchev–Trinajstić information content (AvgIpc) is 3.35. The molecule has 3 aromatic rings. The Kier molecular flexibility index (Phi) is 7.43. The topological polar surface area (TPSA) is 86.7 Å². The van der Waals surface area contributed by atoms with Crippen molar-refractivity contribution in [2.75, 3.05) is 26.0 Å². The Morgan fingerprint density at radius 3 is 2.20 bits per heavy atom. The van der Waals surface area contributed by atoms with E-state index in [1.54, 1.807) is 19.0 Å². The molecule has 41 heavy (non-hydrogen) atoms. The number of fused-ring (bicyclic) bond motifs is 2. The third-order valence-corrected chi connectivity index (χ3v) is 9.20. The Balaban J connectivity index is 1.09. The molecule has 2 fully saturated rings. The van der Waals surface area contributed by atoms with Crippen LogP contribution in [0.3, 0.4) is 0 Å². The third-order valence-electron chi connectivity index (χ3n) is 9.20. The maximum Gasteiger partial charge on any atom is 0.268 e. The van der Waals surface area contributed by atoms with Gasteiger partial charge in [0.05, 0.1) is 5.54 Å². The van der Waals surface area contributed by atoms with Crippen LogP contribution in [0.5, 0.6) is 0 Å². The standard InChI is InChI=1S/C33H39N5O3/c1-36(2)32(41)26-11-7-24(8-12-26)22-37-19-20-38-28(15-16-29(38)33(37)17-4-18-33)31(40)34-21-23-9-13-27(14-10-23)35-30(39)25-5-3-6-25/h7-16,25H,3-6,17-22H2,1-2H3,(H,34,40)(H,35,39). The van der Waals surface area contributed by atoms with Crippen LogP contribution < -0.4 is 10.6 Å². The van der Waals surface area contributed by atoms with Gasteiger partial charge in [-0.05, 0) is 79.6 Å². The highest BCUT2D eigenvalue weighted by Gasteiger charge is 2.48. The molecule has 0 saturated heterocycles. The lowest BCUT2D eigenvalue weighted by Crippen LogP contribution is -2.56. The van der Waals surface area contributed by atoms with Crippen molar-refractivity contribution in [2.24, 2.45) is 5.92 Å². The molecule has 2 heterocycles. The summed E-state index contributed by atoms with van der Waals surface area (Å²) >= 11 is 0.